The molecule has 1 aromatic carbocycles. The first-order valence-corrected chi connectivity index (χ1v) is 5.46. The van der Waals surface area contributed by atoms with E-state index in [0.717, 1.165) is 33.3 Å². The van der Waals surface area contributed by atoms with E-state index in [-0.39, 0.29) is 0 Å². The van der Waals surface area contributed by atoms with Gasteiger partial charge < -0.3 is 5.73 Å². The van der Waals surface area contributed by atoms with Crippen LogP contribution in [0.3, 0.4) is 0 Å². The summed E-state index contributed by atoms with van der Waals surface area (Å²) >= 11 is 6.12. The van der Waals surface area contributed by atoms with Crippen LogP contribution in [0.2, 0.25) is 5.02 Å². The summed E-state index contributed by atoms with van der Waals surface area (Å²) < 4.78 is 1.85. The van der Waals surface area contributed by atoms with Crippen LogP contribution in [0.5, 0.6) is 0 Å². The Morgan fingerprint density at radius 2 is 1.94 bits per heavy atom. The van der Waals surface area contributed by atoms with Crippen molar-refractivity contribution in [2.75, 3.05) is 5.73 Å². The summed E-state index contributed by atoms with van der Waals surface area (Å²) in [5.41, 5.74) is 10.4. The molecule has 0 aliphatic carbocycles. The lowest BCUT2D eigenvalue weighted by Gasteiger charge is -2.08. The maximum Gasteiger partial charge on any atom is 0.0848 e. The minimum Gasteiger partial charge on any atom is -0.399 e. The molecule has 0 atom stereocenters. The zero-order chi connectivity index (χ0) is 11.9. The van der Waals surface area contributed by atoms with Gasteiger partial charge in [0.05, 0.1) is 22.1 Å². The number of nitrogen functional groups attached to an aromatic ring is 1. The Bertz CT molecular complexity index is 543. The van der Waals surface area contributed by atoms with E-state index in [4.69, 9.17) is 17.3 Å². The van der Waals surface area contributed by atoms with Gasteiger partial charge >= 0.3 is 0 Å². The highest BCUT2D eigenvalue weighted by Gasteiger charge is 2.11. The van der Waals surface area contributed by atoms with Crippen LogP contribution in [-0.2, 0) is 0 Å². The van der Waals surface area contributed by atoms with Gasteiger partial charge in [0.25, 0.3) is 0 Å². The van der Waals surface area contributed by atoms with Crippen molar-refractivity contribution in [3.8, 4) is 5.69 Å². The summed E-state index contributed by atoms with van der Waals surface area (Å²) in [6.07, 6.45) is 0. The Balaban J connectivity index is 2.63. The molecule has 84 valence electrons. The topological polar surface area (TPSA) is 43.8 Å². The third-order valence-corrected chi connectivity index (χ3v) is 3.20. The molecule has 0 radical (unpaired) electrons. The molecule has 2 N–H and O–H groups in total. The molecule has 0 unspecified atom stereocenters. The van der Waals surface area contributed by atoms with E-state index in [1.165, 1.54) is 0 Å². The second-order valence-corrected chi connectivity index (χ2v) is 4.32. The van der Waals surface area contributed by atoms with Crippen molar-refractivity contribution in [3.05, 3.63) is 40.2 Å². The Hall–Kier alpha value is -1.48. The Morgan fingerprint density at radius 3 is 2.44 bits per heavy atom. The van der Waals surface area contributed by atoms with Crippen molar-refractivity contribution in [1.82, 2.24) is 9.78 Å². The smallest absolute Gasteiger partial charge is 0.0848 e. The molecule has 0 saturated carbocycles. The Morgan fingerprint density at radius 1 is 1.25 bits per heavy atom. The average molecular weight is 236 g/mol. The zero-order valence-electron chi connectivity index (χ0n) is 9.58. The maximum absolute atomic E-state index is 6.12. The van der Waals surface area contributed by atoms with E-state index < -0.39 is 0 Å². The van der Waals surface area contributed by atoms with Crippen LogP contribution in [0, 0.1) is 20.8 Å². The fraction of sp³-hybridized carbons (Fsp3) is 0.250. The van der Waals surface area contributed by atoms with Gasteiger partial charge in [0.2, 0.25) is 0 Å². The molecular weight excluding hydrogens is 222 g/mol. The van der Waals surface area contributed by atoms with Gasteiger partial charge in [-0.25, -0.2) is 4.68 Å². The molecule has 0 aliphatic heterocycles. The third kappa shape index (κ3) is 1.67. The van der Waals surface area contributed by atoms with Crippen LogP contribution in [0.15, 0.2) is 18.2 Å². The number of nitrogens with two attached hydrogens (primary N) is 1. The van der Waals surface area contributed by atoms with Crippen LogP contribution in [0.25, 0.3) is 5.69 Å². The highest BCUT2D eigenvalue weighted by Crippen LogP contribution is 2.24. The number of aromatic nitrogens is 2. The summed E-state index contributed by atoms with van der Waals surface area (Å²) in [5.74, 6) is 0. The number of aryl methyl sites for hydroxylation is 2. The summed E-state index contributed by atoms with van der Waals surface area (Å²) in [6.45, 7) is 5.87. The van der Waals surface area contributed by atoms with Crippen molar-refractivity contribution in [2.24, 2.45) is 0 Å². The van der Waals surface area contributed by atoms with Crippen LogP contribution in [-0.4, -0.2) is 9.78 Å². The molecule has 2 aromatic rings. The van der Waals surface area contributed by atoms with E-state index in [2.05, 4.69) is 5.10 Å². The van der Waals surface area contributed by atoms with Crippen LogP contribution < -0.4 is 5.73 Å². The molecule has 0 amide bonds. The Kier molecular flexibility index (Phi) is 2.64. The van der Waals surface area contributed by atoms with Gasteiger partial charge in [-0.05, 0) is 44.5 Å². The van der Waals surface area contributed by atoms with Gasteiger partial charge in [0.1, 0.15) is 0 Å². The van der Waals surface area contributed by atoms with Gasteiger partial charge in [-0.15, -0.1) is 0 Å². The lowest BCUT2D eigenvalue weighted by atomic mass is 10.2. The molecule has 0 fully saturated rings. The molecule has 0 spiro atoms. The van der Waals surface area contributed by atoms with E-state index in [1.807, 2.05) is 43.7 Å². The van der Waals surface area contributed by atoms with E-state index in [1.54, 1.807) is 0 Å². The van der Waals surface area contributed by atoms with Gasteiger partial charge in [-0.2, -0.15) is 5.10 Å². The van der Waals surface area contributed by atoms with Crippen molar-refractivity contribution in [2.45, 2.75) is 20.8 Å². The highest BCUT2D eigenvalue weighted by molar-refractivity contribution is 6.31. The molecule has 16 heavy (non-hydrogen) atoms. The first-order chi connectivity index (χ1) is 7.50. The SMILES string of the molecule is Cc1cc(N)ccc1-n1nc(C)c(Cl)c1C. The molecule has 1 heterocycles. The predicted octanol–water partition coefficient (Wildman–Crippen LogP) is 3.03. The molecule has 4 heteroatoms. The van der Waals surface area contributed by atoms with Gasteiger partial charge in [-0.1, -0.05) is 11.6 Å². The Labute approximate surface area is 99.8 Å². The molecule has 0 bridgehead atoms. The van der Waals surface area contributed by atoms with Crippen molar-refractivity contribution >= 4 is 17.3 Å². The van der Waals surface area contributed by atoms with Gasteiger partial charge in [-0.3, -0.25) is 0 Å². The van der Waals surface area contributed by atoms with Crippen molar-refractivity contribution in [3.63, 3.8) is 0 Å². The van der Waals surface area contributed by atoms with Gasteiger partial charge in [0.15, 0.2) is 0 Å². The molecule has 2 rings (SSSR count). The zero-order valence-corrected chi connectivity index (χ0v) is 10.3. The van der Waals surface area contributed by atoms with Crippen LogP contribution >= 0.6 is 11.6 Å². The summed E-state index contributed by atoms with van der Waals surface area (Å²) in [6, 6.07) is 5.76. The minimum atomic E-state index is 0.719. The highest BCUT2D eigenvalue weighted by atomic mass is 35.5. The second-order valence-electron chi connectivity index (χ2n) is 3.94. The van der Waals surface area contributed by atoms with Crippen LogP contribution in [0.1, 0.15) is 17.0 Å². The minimum absolute atomic E-state index is 0.719. The average Bonchev–Trinajstić information content (AvgIpc) is 2.46. The first kappa shape index (κ1) is 11.0. The van der Waals surface area contributed by atoms with Crippen LogP contribution in [0.4, 0.5) is 5.69 Å². The second kappa shape index (κ2) is 3.83. The van der Waals surface area contributed by atoms with Gasteiger partial charge in [0, 0.05) is 5.69 Å². The number of rotatable bonds is 1. The number of hydrogen-bond acceptors (Lipinski definition) is 2. The maximum atomic E-state index is 6.12. The normalized spacial score (nSPS) is 10.8. The summed E-state index contributed by atoms with van der Waals surface area (Å²) in [5, 5.41) is 5.13. The fourth-order valence-electron chi connectivity index (χ4n) is 1.77. The monoisotopic (exact) mass is 235 g/mol. The number of halogens is 1. The predicted molar refractivity (Wildman–Crippen MR) is 67.2 cm³/mol. The van der Waals surface area contributed by atoms with E-state index in [0.29, 0.717) is 0 Å². The third-order valence-electron chi connectivity index (χ3n) is 2.65. The number of anilines is 1. The fourth-order valence-corrected chi connectivity index (χ4v) is 1.89. The standard InChI is InChI=1S/C12H14ClN3/c1-7-6-10(14)4-5-11(7)16-9(3)12(13)8(2)15-16/h4-6H,14H2,1-3H3. The van der Waals surface area contributed by atoms with Crippen molar-refractivity contribution in [1.29, 1.82) is 0 Å². The largest absolute Gasteiger partial charge is 0.399 e. The molecule has 1 aromatic heterocycles. The quantitative estimate of drug-likeness (QED) is 0.773. The lowest BCUT2D eigenvalue weighted by Crippen LogP contribution is -2.02. The summed E-state index contributed by atoms with van der Waals surface area (Å²) in [4.78, 5) is 0. The van der Waals surface area contributed by atoms with E-state index in [9.17, 15) is 0 Å². The number of hydrogen-bond donors (Lipinski definition) is 1. The molecule has 0 saturated heterocycles. The van der Waals surface area contributed by atoms with Crippen molar-refractivity contribution < 1.29 is 0 Å². The number of nitrogens with zero attached hydrogens (tertiary/aromatic N) is 2. The molecule has 3 nitrogen and oxygen atoms in total. The molecule has 0 aliphatic rings. The van der Waals surface area contributed by atoms with E-state index >= 15 is 0 Å². The summed E-state index contributed by atoms with van der Waals surface area (Å²) in [7, 11) is 0. The lowest BCUT2D eigenvalue weighted by molar-refractivity contribution is 0.828. The molecular formula is C12H14ClN3. The number of benzene rings is 1. The first-order valence-electron chi connectivity index (χ1n) is 5.09.